The number of hydrogen-bond acceptors (Lipinski definition) is 2. The van der Waals surface area contributed by atoms with Crippen LogP contribution in [0.25, 0.3) is 0 Å². The number of rotatable bonds is 5. The Balaban J connectivity index is 2.66. The zero-order chi connectivity index (χ0) is 11.3. The van der Waals surface area contributed by atoms with Crippen LogP contribution in [0.15, 0.2) is 30.3 Å². The van der Waals surface area contributed by atoms with Gasteiger partial charge in [0.05, 0.1) is 12.0 Å². The topological polar surface area (TPSA) is 46.5 Å². The van der Waals surface area contributed by atoms with Crippen LogP contribution in [-0.4, -0.2) is 24.3 Å². The molecule has 1 rings (SSSR count). The zero-order valence-electron chi connectivity index (χ0n) is 9.01. The van der Waals surface area contributed by atoms with Crippen LogP contribution in [0.3, 0.4) is 0 Å². The minimum atomic E-state index is -0.821. The minimum Gasteiger partial charge on any atom is -0.481 e. The molecule has 0 spiro atoms. The van der Waals surface area contributed by atoms with Gasteiger partial charge < -0.3 is 9.84 Å². The zero-order valence-corrected chi connectivity index (χ0v) is 9.01. The third kappa shape index (κ3) is 3.36. The molecule has 0 saturated carbocycles. The molecule has 1 aromatic rings. The molecule has 0 bridgehead atoms. The van der Waals surface area contributed by atoms with Gasteiger partial charge in [-0.1, -0.05) is 30.3 Å². The molecule has 0 aliphatic rings. The van der Waals surface area contributed by atoms with Crippen LogP contribution in [0.1, 0.15) is 12.5 Å². The molecule has 0 amide bonds. The van der Waals surface area contributed by atoms with Gasteiger partial charge in [-0.15, -0.1) is 0 Å². The fourth-order valence-electron chi connectivity index (χ4n) is 1.47. The summed E-state index contributed by atoms with van der Waals surface area (Å²) in [5, 5.41) is 8.88. The summed E-state index contributed by atoms with van der Waals surface area (Å²) in [4.78, 5) is 10.8. The second-order valence-electron chi connectivity index (χ2n) is 3.59. The second kappa shape index (κ2) is 5.51. The summed E-state index contributed by atoms with van der Waals surface area (Å²) in [5.74, 6) is -1.31. The predicted molar refractivity (Wildman–Crippen MR) is 57.7 cm³/mol. The number of ether oxygens (including phenoxy) is 1. The van der Waals surface area contributed by atoms with Gasteiger partial charge in [-0.2, -0.15) is 0 Å². The summed E-state index contributed by atoms with van der Waals surface area (Å²) in [7, 11) is 1.55. The fourth-order valence-corrected chi connectivity index (χ4v) is 1.47. The molecule has 3 heteroatoms. The van der Waals surface area contributed by atoms with Gasteiger partial charge in [0.1, 0.15) is 0 Å². The van der Waals surface area contributed by atoms with Crippen LogP contribution in [-0.2, 0) is 16.0 Å². The Bertz CT molecular complexity index is 308. The molecule has 82 valence electrons. The first kappa shape index (κ1) is 11.7. The quantitative estimate of drug-likeness (QED) is 0.804. The maximum absolute atomic E-state index is 10.8. The summed E-state index contributed by atoms with van der Waals surface area (Å²) in [6.45, 7) is 1.67. The van der Waals surface area contributed by atoms with Crippen molar-refractivity contribution in [1.82, 2.24) is 0 Å². The van der Waals surface area contributed by atoms with Crippen molar-refractivity contribution in [3.63, 3.8) is 0 Å². The number of carbonyl (C=O) groups is 1. The van der Waals surface area contributed by atoms with E-state index in [4.69, 9.17) is 9.84 Å². The lowest BCUT2D eigenvalue weighted by Crippen LogP contribution is -2.29. The van der Waals surface area contributed by atoms with E-state index in [0.29, 0.717) is 6.42 Å². The Morgan fingerprint density at radius 2 is 2.00 bits per heavy atom. The highest BCUT2D eigenvalue weighted by Crippen LogP contribution is 2.13. The lowest BCUT2D eigenvalue weighted by atomic mass is 9.98. The van der Waals surface area contributed by atoms with Gasteiger partial charge >= 0.3 is 5.97 Å². The van der Waals surface area contributed by atoms with Crippen LogP contribution in [0.5, 0.6) is 0 Å². The van der Waals surface area contributed by atoms with Crippen molar-refractivity contribution < 1.29 is 14.6 Å². The van der Waals surface area contributed by atoms with Crippen molar-refractivity contribution in [3.8, 4) is 0 Å². The normalized spacial score (nSPS) is 14.5. The van der Waals surface area contributed by atoms with Gasteiger partial charge in [-0.3, -0.25) is 4.79 Å². The van der Waals surface area contributed by atoms with Crippen molar-refractivity contribution in [2.45, 2.75) is 19.4 Å². The van der Waals surface area contributed by atoms with Gasteiger partial charge in [0.25, 0.3) is 0 Å². The first-order chi connectivity index (χ1) is 7.15. The van der Waals surface area contributed by atoms with Gasteiger partial charge in [-0.25, -0.2) is 0 Å². The number of carboxylic acid groups (broad SMARTS) is 1. The molecule has 0 aliphatic heterocycles. The van der Waals surface area contributed by atoms with Gasteiger partial charge in [0.2, 0.25) is 0 Å². The summed E-state index contributed by atoms with van der Waals surface area (Å²) >= 11 is 0. The smallest absolute Gasteiger partial charge is 0.308 e. The minimum absolute atomic E-state index is 0.273. The summed E-state index contributed by atoms with van der Waals surface area (Å²) < 4.78 is 5.20. The predicted octanol–water partition coefficient (Wildman–Crippen LogP) is 1.96. The molecular weight excluding hydrogens is 192 g/mol. The van der Waals surface area contributed by atoms with Crippen molar-refractivity contribution in [3.05, 3.63) is 35.9 Å². The van der Waals surface area contributed by atoms with Gasteiger partial charge in [-0.05, 0) is 18.9 Å². The van der Waals surface area contributed by atoms with Crippen LogP contribution in [0, 0.1) is 5.92 Å². The van der Waals surface area contributed by atoms with E-state index in [1.807, 2.05) is 30.3 Å². The van der Waals surface area contributed by atoms with E-state index in [2.05, 4.69) is 0 Å². The highest BCUT2D eigenvalue weighted by atomic mass is 16.5. The molecule has 0 fully saturated rings. The Labute approximate surface area is 89.7 Å². The Morgan fingerprint density at radius 3 is 2.47 bits per heavy atom. The number of carboxylic acids is 1. The van der Waals surface area contributed by atoms with E-state index in [0.717, 1.165) is 5.56 Å². The highest BCUT2D eigenvalue weighted by molar-refractivity contribution is 5.70. The maximum Gasteiger partial charge on any atom is 0.308 e. The molecule has 0 aliphatic carbocycles. The molecule has 1 aromatic carbocycles. The van der Waals surface area contributed by atoms with E-state index < -0.39 is 11.9 Å². The third-order valence-electron chi connectivity index (χ3n) is 2.53. The van der Waals surface area contributed by atoms with E-state index >= 15 is 0 Å². The molecule has 3 nitrogen and oxygen atoms in total. The van der Waals surface area contributed by atoms with E-state index in [1.54, 1.807) is 14.0 Å². The summed E-state index contributed by atoms with van der Waals surface area (Å²) in [6.07, 6.45) is 0.357. The van der Waals surface area contributed by atoms with E-state index in [1.165, 1.54) is 0 Å². The second-order valence-corrected chi connectivity index (χ2v) is 3.59. The molecule has 0 aromatic heterocycles. The molecular formula is C12H16O3. The number of aliphatic carboxylic acids is 1. The fraction of sp³-hybridized carbons (Fsp3) is 0.417. The molecule has 0 saturated heterocycles. The largest absolute Gasteiger partial charge is 0.481 e. The average molecular weight is 208 g/mol. The summed E-state index contributed by atoms with van der Waals surface area (Å²) in [6, 6.07) is 9.76. The Morgan fingerprint density at radius 1 is 1.40 bits per heavy atom. The first-order valence-corrected chi connectivity index (χ1v) is 4.94. The highest BCUT2D eigenvalue weighted by Gasteiger charge is 2.23. The van der Waals surface area contributed by atoms with Crippen LogP contribution in [0.2, 0.25) is 0 Å². The van der Waals surface area contributed by atoms with Crippen molar-refractivity contribution in [2.24, 2.45) is 5.92 Å². The Kier molecular flexibility index (Phi) is 4.31. The lowest BCUT2D eigenvalue weighted by molar-refractivity contribution is -0.145. The Hall–Kier alpha value is -1.35. The monoisotopic (exact) mass is 208 g/mol. The van der Waals surface area contributed by atoms with Crippen molar-refractivity contribution >= 4 is 5.97 Å². The molecule has 1 N–H and O–H groups in total. The summed E-state index contributed by atoms with van der Waals surface area (Å²) in [5.41, 5.74) is 1.09. The number of methoxy groups -OCH3 is 1. The van der Waals surface area contributed by atoms with E-state index in [9.17, 15) is 4.79 Å². The van der Waals surface area contributed by atoms with Gasteiger partial charge in [0, 0.05) is 7.11 Å². The van der Waals surface area contributed by atoms with Gasteiger partial charge in [0.15, 0.2) is 0 Å². The molecule has 0 unspecified atom stereocenters. The average Bonchev–Trinajstić information content (AvgIpc) is 2.26. The molecule has 0 radical (unpaired) electrons. The van der Waals surface area contributed by atoms with Crippen LogP contribution < -0.4 is 0 Å². The standard InChI is InChI=1S/C12H16O3/c1-9(12(13)14)11(15-2)8-10-6-4-3-5-7-10/h3-7,9,11H,8H2,1-2H3,(H,13,14)/t9-,11+/m0/s1. The SMILES string of the molecule is CO[C@H](Cc1ccccc1)[C@H](C)C(=O)O. The van der Waals surface area contributed by atoms with Crippen molar-refractivity contribution in [1.29, 1.82) is 0 Å². The molecule has 15 heavy (non-hydrogen) atoms. The number of benzene rings is 1. The number of hydrogen-bond donors (Lipinski definition) is 1. The van der Waals surface area contributed by atoms with Crippen LogP contribution >= 0.6 is 0 Å². The molecule has 0 heterocycles. The maximum atomic E-state index is 10.8. The van der Waals surface area contributed by atoms with Crippen LogP contribution in [0.4, 0.5) is 0 Å². The van der Waals surface area contributed by atoms with Crippen molar-refractivity contribution in [2.75, 3.05) is 7.11 Å². The molecule has 2 atom stereocenters. The third-order valence-corrected chi connectivity index (χ3v) is 2.53. The lowest BCUT2D eigenvalue weighted by Gasteiger charge is -2.19. The first-order valence-electron chi connectivity index (χ1n) is 4.94. The van der Waals surface area contributed by atoms with E-state index in [-0.39, 0.29) is 6.10 Å².